The molecule has 1 unspecified atom stereocenters. The van der Waals surface area contributed by atoms with Crippen LogP contribution in [0.3, 0.4) is 0 Å². The number of ether oxygens (including phenoxy) is 1. The van der Waals surface area contributed by atoms with E-state index in [9.17, 15) is 9.90 Å². The van der Waals surface area contributed by atoms with E-state index in [1.807, 2.05) is 17.0 Å². The zero-order valence-electron chi connectivity index (χ0n) is 11.7. The predicted molar refractivity (Wildman–Crippen MR) is 77.5 cm³/mol. The Morgan fingerprint density at radius 1 is 1.50 bits per heavy atom. The van der Waals surface area contributed by atoms with Gasteiger partial charge in [-0.25, -0.2) is 0 Å². The molecule has 3 N–H and O–H groups in total. The topological polar surface area (TPSA) is 79.0 Å². The highest BCUT2D eigenvalue weighted by molar-refractivity contribution is 5.94. The highest BCUT2D eigenvalue weighted by Crippen LogP contribution is 2.16. The first kappa shape index (κ1) is 14.8. The number of anilines is 2. The number of aliphatic hydroxyl groups excluding tert-OH is 1. The van der Waals surface area contributed by atoms with Crippen LogP contribution in [0.1, 0.15) is 0 Å². The smallest absolute Gasteiger partial charge is 0.240 e. The van der Waals surface area contributed by atoms with E-state index in [1.165, 1.54) is 0 Å². The molecule has 1 atom stereocenters. The summed E-state index contributed by atoms with van der Waals surface area (Å²) in [6.07, 6.45) is 0. The van der Waals surface area contributed by atoms with Crippen molar-refractivity contribution < 1.29 is 14.6 Å². The van der Waals surface area contributed by atoms with Gasteiger partial charge in [0.05, 0.1) is 32.4 Å². The molecular weight excluding hydrogens is 258 g/mol. The molecule has 0 radical (unpaired) electrons. The standard InChI is InChI=1S/C14H21N3O3/c1-16(12-4-2-11(15)3-5-12)14(19)8-17-6-7-20-10-13(17)9-18/h2-5,13,18H,6-10,15H2,1H3. The van der Waals surface area contributed by atoms with E-state index in [1.54, 1.807) is 24.1 Å². The normalized spacial score (nSPS) is 19.8. The minimum atomic E-state index is -0.104. The number of benzene rings is 1. The molecule has 1 aromatic rings. The van der Waals surface area contributed by atoms with Crippen molar-refractivity contribution in [3.8, 4) is 0 Å². The number of carbonyl (C=O) groups excluding carboxylic acids is 1. The zero-order valence-corrected chi connectivity index (χ0v) is 11.7. The molecule has 1 fully saturated rings. The minimum Gasteiger partial charge on any atom is -0.399 e. The molecule has 0 bridgehead atoms. The van der Waals surface area contributed by atoms with E-state index in [4.69, 9.17) is 10.5 Å². The molecule has 2 rings (SSSR count). The molecular formula is C14H21N3O3. The van der Waals surface area contributed by atoms with Gasteiger partial charge in [-0.15, -0.1) is 0 Å². The number of hydrogen-bond donors (Lipinski definition) is 2. The Labute approximate surface area is 118 Å². The Bertz CT molecular complexity index is 449. The number of nitrogen functional groups attached to an aromatic ring is 1. The van der Waals surface area contributed by atoms with Gasteiger partial charge in [-0.3, -0.25) is 9.69 Å². The average Bonchev–Trinajstić information content (AvgIpc) is 2.48. The quantitative estimate of drug-likeness (QED) is 0.754. The molecule has 0 spiro atoms. The zero-order chi connectivity index (χ0) is 14.5. The molecule has 1 saturated heterocycles. The van der Waals surface area contributed by atoms with Crippen LogP contribution < -0.4 is 10.6 Å². The number of amides is 1. The van der Waals surface area contributed by atoms with Crippen LogP contribution in [0.5, 0.6) is 0 Å². The SMILES string of the molecule is CN(C(=O)CN1CCOCC1CO)c1ccc(N)cc1. The van der Waals surface area contributed by atoms with Crippen LogP contribution in [0.4, 0.5) is 11.4 Å². The van der Waals surface area contributed by atoms with Gasteiger partial charge in [-0.2, -0.15) is 0 Å². The largest absolute Gasteiger partial charge is 0.399 e. The van der Waals surface area contributed by atoms with Gasteiger partial charge in [0.1, 0.15) is 0 Å². The van der Waals surface area contributed by atoms with Crippen molar-refractivity contribution in [3.63, 3.8) is 0 Å². The molecule has 0 aromatic heterocycles. The van der Waals surface area contributed by atoms with Crippen molar-refractivity contribution in [1.29, 1.82) is 0 Å². The summed E-state index contributed by atoms with van der Waals surface area (Å²) in [5.74, 6) is -0.0184. The van der Waals surface area contributed by atoms with Crippen LogP contribution in [0.15, 0.2) is 24.3 Å². The lowest BCUT2D eigenvalue weighted by atomic mass is 10.2. The van der Waals surface area contributed by atoms with Crippen molar-refractivity contribution in [3.05, 3.63) is 24.3 Å². The van der Waals surface area contributed by atoms with Crippen LogP contribution in [-0.2, 0) is 9.53 Å². The van der Waals surface area contributed by atoms with Crippen LogP contribution in [-0.4, -0.2) is 61.9 Å². The summed E-state index contributed by atoms with van der Waals surface area (Å²) < 4.78 is 5.30. The Morgan fingerprint density at radius 3 is 2.85 bits per heavy atom. The third kappa shape index (κ3) is 3.47. The van der Waals surface area contributed by atoms with Gasteiger partial charge >= 0.3 is 0 Å². The Kier molecular flexibility index (Phi) is 4.94. The fraction of sp³-hybridized carbons (Fsp3) is 0.500. The molecule has 0 aliphatic carbocycles. The summed E-state index contributed by atoms with van der Waals surface area (Å²) in [6, 6.07) is 7.06. The molecule has 1 aromatic carbocycles. The number of morpholine rings is 1. The molecule has 1 amide bonds. The Balaban J connectivity index is 1.98. The maximum Gasteiger partial charge on any atom is 0.240 e. The maximum atomic E-state index is 12.3. The molecule has 1 heterocycles. The Hall–Kier alpha value is -1.63. The number of nitrogens with zero attached hydrogens (tertiary/aromatic N) is 2. The second-order valence-corrected chi connectivity index (χ2v) is 4.93. The van der Waals surface area contributed by atoms with Gasteiger partial charge < -0.3 is 20.5 Å². The predicted octanol–water partition coefficient (Wildman–Crippen LogP) is -0.0753. The summed E-state index contributed by atoms with van der Waals surface area (Å²) in [7, 11) is 1.74. The maximum absolute atomic E-state index is 12.3. The van der Waals surface area contributed by atoms with E-state index >= 15 is 0 Å². The van der Waals surface area contributed by atoms with Crippen molar-refractivity contribution in [2.75, 3.05) is 50.6 Å². The number of rotatable bonds is 4. The lowest BCUT2D eigenvalue weighted by Gasteiger charge is -2.34. The van der Waals surface area contributed by atoms with E-state index in [0.717, 1.165) is 5.69 Å². The van der Waals surface area contributed by atoms with E-state index in [0.29, 0.717) is 25.4 Å². The summed E-state index contributed by atoms with van der Waals surface area (Å²) in [5, 5.41) is 9.30. The van der Waals surface area contributed by atoms with Gasteiger partial charge in [0.15, 0.2) is 0 Å². The van der Waals surface area contributed by atoms with Gasteiger partial charge in [0.25, 0.3) is 0 Å². The second kappa shape index (κ2) is 6.69. The van der Waals surface area contributed by atoms with Gasteiger partial charge in [-0.05, 0) is 24.3 Å². The fourth-order valence-electron chi connectivity index (χ4n) is 2.19. The van der Waals surface area contributed by atoms with Crippen molar-refractivity contribution in [1.82, 2.24) is 4.90 Å². The van der Waals surface area contributed by atoms with Gasteiger partial charge in [0.2, 0.25) is 5.91 Å². The summed E-state index contributed by atoms with van der Waals surface area (Å²) in [5.41, 5.74) is 7.11. The fourth-order valence-corrected chi connectivity index (χ4v) is 2.19. The molecule has 0 saturated carbocycles. The third-order valence-electron chi connectivity index (χ3n) is 3.55. The van der Waals surface area contributed by atoms with Crippen LogP contribution in [0, 0.1) is 0 Å². The van der Waals surface area contributed by atoms with Crippen LogP contribution in [0.2, 0.25) is 0 Å². The van der Waals surface area contributed by atoms with E-state index < -0.39 is 0 Å². The van der Waals surface area contributed by atoms with Crippen LogP contribution >= 0.6 is 0 Å². The first-order valence-electron chi connectivity index (χ1n) is 6.66. The third-order valence-corrected chi connectivity index (χ3v) is 3.55. The number of aliphatic hydroxyl groups is 1. The number of nitrogens with two attached hydrogens (primary N) is 1. The lowest BCUT2D eigenvalue weighted by Crippen LogP contribution is -2.51. The second-order valence-electron chi connectivity index (χ2n) is 4.93. The molecule has 20 heavy (non-hydrogen) atoms. The van der Waals surface area contributed by atoms with Gasteiger partial charge in [-0.1, -0.05) is 0 Å². The Morgan fingerprint density at radius 2 is 2.20 bits per heavy atom. The first-order chi connectivity index (χ1) is 9.61. The van der Waals surface area contributed by atoms with E-state index in [2.05, 4.69) is 0 Å². The molecule has 6 nitrogen and oxygen atoms in total. The van der Waals surface area contributed by atoms with Crippen molar-refractivity contribution in [2.24, 2.45) is 0 Å². The summed E-state index contributed by atoms with van der Waals surface area (Å²) >= 11 is 0. The average molecular weight is 279 g/mol. The minimum absolute atomic E-state index is 0.00113. The van der Waals surface area contributed by atoms with Gasteiger partial charge in [0, 0.05) is 25.0 Å². The number of carbonyl (C=O) groups is 1. The molecule has 110 valence electrons. The first-order valence-corrected chi connectivity index (χ1v) is 6.66. The highest BCUT2D eigenvalue weighted by atomic mass is 16.5. The molecule has 1 aliphatic rings. The number of hydrogen-bond acceptors (Lipinski definition) is 5. The molecule has 6 heteroatoms. The lowest BCUT2D eigenvalue weighted by molar-refractivity contribution is -0.122. The monoisotopic (exact) mass is 279 g/mol. The summed E-state index contributed by atoms with van der Waals surface area (Å²) in [4.78, 5) is 15.8. The van der Waals surface area contributed by atoms with Crippen molar-refractivity contribution >= 4 is 17.3 Å². The van der Waals surface area contributed by atoms with Crippen LogP contribution in [0.25, 0.3) is 0 Å². The number of likely N-dealkylation sites (N-methyl/N-ethyl adjacent to an activating group) is 1. The highest BCUT2D eigenvalue weighted by Gasteiger charge is 2.25. The van der Waals surface area contributed by atoms with Crippen molar-refractivity contribution in [2.45, 2.75) is 6.04 Å². The molecule has 1 aliphatic heterocycles. The summed E-state index contributed by atoms with van der Waals surface area (Å²) in [6.45, 7) is 1.99. The van der Waals surface area contributed by atoms with E-state index in [-0.39, 0.29) is 25.1 Å².